The predicted molar refractivity (Wildman–Crippen MR) is 220 cm³/mol. The number of fused-ring (bicyclic) bond motifs is 10. The van der Waals surface area contributed by atoms with Crippen molar-refractivity contribution in [2.75, 3.05) is 52.7 Å². The lowest BCUT2D eigenvalue weighted by atomic mass is 10.1. The number of carbonyl (C=O) groups is 2. The Kier molecular flexibility index (Phi) is 10.2. The third kappa shape index (κ3) is 7.83. The van der Waals surface area contributed by atoms with E-state index in [0.717, 1.165) is 21.5 Å². The molecule has 0 aliphatic carbocycles. The highest BCUT2D eigenvalue weighted by atomic mass is 16.5. The van der Waals surface area contributed by atoms with Crippen LogP contribution >= 0.6 is 0 Å². The molecule has 3 heterocycles. The van der Waals surface area contributed by atoms with Crippen molar-refractivity contribution in [2.24, 2.45) is 0 Å². The van der Waals surface area contributed by atoms with Crippen molar-refractivity contribution >= 4 is 55.6 Å². The van der Waals surface area contributed by atoms with Gasteiger partial charge >= 0.3 is 0 Å². The van der Waals surface area contributed by atoms with Gasteiger partial charge in [-0.3, -0.25) is 9.59 Å². The number of hydrogen-bond acceptors (Lipinski definition) is 10. The van der Waals surface area contributed by atoms with E-state index in [-0.39, 0.29) is 25.0 Å². The molecular formula is C46H38N4O8. The lowest BCUT2D eigenvalue weighted by Gasteiger charge is -2.15. The number of nitrogens with one attached hydrogen (secondary N) is 2. The molecule has 6 aromatic carbocycles. The van der Waals surface area contributed by atoms with Gasteiger partial charge in [-0.2, -0.15) is 0 Å². The number of carbonyl (C=O) groups excluding carboxylic acids is 2. The molecule has 0 radical (unpaired) electrons. The summed E-state index contributed by atoms with van der Waals surface area (Å²) in [7, 11) is 0. The van der Waals surface area contributed by atoms with Crippen LogP contribution < -0.4 is 20.1 Å². The first kappa shape index (κ1) is 36.6. The summed E-state index contributed by atoms with van der Waals surface area (Å²) in [4.78, 5) is 35.6. The number of hydrogen-bond donors (Lipinski definition) is 2. The highest BCUT2D eigenvalue weighted by molar-refractivity contribution is 5.99. The molecule has 0 saturated carbocycles. The molecule has 58 heavy (non-hydrogen) atoms. The van der Waals surface area contributed by atoms with Gasteiger partial charge in [-0.05, 0) is 87.8 Å². The van der Waals surface area contributed by atoms with Crippen molar-refractivity contribution in [2.45, 2.75) is 0 Å². The smallest absolute Gasteiger partial charge is 0.251 e. The van der Waals surface area contributed by atoms with E-state index in [1.54, 1.807) is 36.4 Å². The molecule has 2 aromatic heterocycles. The normalized spacial score (nSPS) is 15.2. The van der Waals surface area contributed by atoms with E-state index in [0.29, 0.717) is 113 Å². The Morgan fingerprint density at radius 1 is 0.517 bits per heavy atom. The molecule has 0 fully saturated rings. The van der Waals surface area contributed by atoms with Gasteiger partial charge in [0.2, 0.25) is 11.8 Å². The van der Waals surface area contributed by atoms with E-state index < -0.39 is 0 Å². The molecule has 1 aliphatic heterocycles. The summed E-state index contributed by atoms with van der Waals surface area (Å²) in [6, 6.07) is 34.1. The number of nitrogens with zero attached hydrogens (tertiary/aromatic N) is 2. The Morgan fingerprint density at radius 2 is 0.948 bits per heavy atom. The minimum atomic E-state index is -0.258. The quantitative estimate of drug-likeness (QED) is 0.145. The monoisotopic (exact) mass is 774 g/mol. The summed E-state index contributed by atoms with van der Waals surface area (Å²) in [6.45, 7) is 6.46. The second-order valence-corrected chi connectivity index (χ2v) is 13.9. The number of oxazole rings is 2. The van der Waals surface area contributed by atoms with Crippen LogP contribution in [0.3, 0.4) is 0 Å². The number of amides is 2. The van der Waals surface area contributed by atoms with Crippen molar-refractivity contribution in [3.8, 4) is 34.4 Å². The molecule has 0 unspecified atom stereocenters. The van der Waals surface area contributed by atoms with Gasteiger partial charge < -0.3 is 38.4 Å². The van der Waals surface area contributed by atoms with Crippen molar-refractivity contribution in [1.29, 1.82) is 0 Å². The molecule has 0 atom stereocenters. The van der Waals surface area contributed by atoms with Crippen LogP contribution in [0, 0.1) is 0 Å². The number of ether oxygens (including phenoxy) is 4. The standard InChI is InChI=1S/C46H38N4O8/c1-28-26-55-41-24-31-8-4-2-6-29(31)20-35(41)45-49-37-22-33(10-12-39(37)57-45)43(51)47-14-16-53-18-19-54-17-15-48-44(52)34-11-13-40-38(23-34)50-46(58-40)36-21-30-7-3-5-9-32(30)25-42(36)56-27-28/h2-13,20-25H,1,14-19,26-27H2,(H,47,51)(H,48,52). The van der Waals surface area contributed by atoms with Gasteiger partial charge in [0.15, 0.2) is 11.2 Å². The minimum absolute atomic E-state index is 0.141. The van der Waals surface area contributed by atoms with Crippen LogP contribution in [-0.2, 0) is 9.47 Å². The SMILES string of the molecule is C=C1COc2cc3ccccc3cc2-c2nc3cc(ccc3o2)C(=O)NCCOCCOCCNC(=O)c2ccc3oc(nc3c2)-c2cc3ccccc3cc2OC1. The summed E-state index contributed by atoms with van der Waals surface area (Å²) >= 11 is 0. The number of aromatic nitrogens is 2. The average Bonchev–Trinajstić information content (AvgIpc) is 3.88. The maximum Gasteiger partial charge on any atom is 0.251 e. The zero-order chi connectivity index (χ0) is 39.4. The Hall–Kier alpha value is -7.02. The summed E-state index contributed by atoms with van der Waals surface area (Å²) in [5.41, 5.74) is 4.99. The third-order valence-electron chi connectivity index (χ3n) is 9.76. The van der Waals surface area contributed by atoms with E-state index in [9.17, 15) is 9.59 Å². The van der Waals surface area contributed by atoms with E-state index in [1.807, 2.05) is 72.8 Å². The Bertz CT molecular complexity index is 2650. The summed E-state index contributed by atoms with van der Waals surface area (Å²) in [5.74, 6) is 1.30. The van der Waals surface area contributed by atoms with Crippen LogP contribution in [0.5, 0.6) is 11.5 Å². The number of benzene rings is 6. The summed E-state index contributed by atoms with van der Waals surface area (Å²) in [5, 5.41) is 9.69. The lowest BCUT2D eigenvalue weighted by Crippen LogP contribution is -2.28. The number of rotatable bonds is 0. The van der Waals surface area contributed by atoms with E-state index >= 15 is 0 Å². The molecule has 2 N–H and O–H groups in total. The predicted octanol–water partition coefficient (Wildman–Crippen LogP) is 8.13. The van der Waals surface area contributed by atoms with Crippen molar-refractivity contribution in [3.63, 3.8) is 0 Å². The first-order valence-corrected chi connectivity index (χ1v) is 19.0. The van der Waals surface area contributed by atoms with Crippen LogP contribution in [0.25, 0.3) is 66.7 Å². The topological polar surface area (TPSA) is 147 Å². The van der Waals surface area contributed by atoms with Crippen LogP contribution in [0.1, 0.15) is 20.7 Å². The third-order valence-corrected chi connectivity index (χ3v) is 9.76. The highest BCUT2D eigenvalue weighted by Crippen LogP contribution is 2.38. The molecule has 6 bridgehead atoms. The van der Waals surface area contributed by atoms with Gasteiger partial charge in [0.1, 0.15) is 35.7 Å². The van der Waals surface area contributed by atoms with Gasteiger partial charge in [-0.15, -0.1) is 0 Å². The first-order valence-electron chi connectivity index (χ1n) is 19.0. The van der Waals surface area contributed by atoms with Crippen molar-refractivity contribution < 1.29 is 37.4 Å². The minimum Gasteiger partial charge on any atom is -0.488 e. The fraction of sp³-hybridized carbons (Fsp3) is 0.174. The Labute approximate surface area is 332 Å². The molecule has 0 saturated heterocycles. The Morgan fingerprint density at radius 3 is 1.40 bits per heavy atom. The van der Waals surface area contributed by atoms with Crippen LogP contribution in [0.4, 0.5) is 0 Å². The second kappa shape index (κ2) is 16.2. The fourth-order valence-electron chi connectivity index (χ4n) is 6.78. The van der Waals surface area contributed by atoms with Gasteiger partial charge in [-0.25, -0.2) is 9.97 Å². The van der Waals surface area contributed by atoms with Gasteiger partial charge in [0.05, 0.1) is 37.6 Å². The van der Waals surface area contributed by atoms with Crippen LogP contribution in [0.15, 0.2) is 130 Å². The van der Waals surface area contributed by atoms with Gasteiger partial charge in [0, 0.05) is 24.2 Å². The highest BCUT2D eigenvalue weighted by Gasteiger charge is 2.20. The molecule has 1 aliphatic rings. The summed E-state index contributed by atoms with van der Waals surface area (Å²) in [6.07, 6.45) is 0. The molecule has 12 heteroatoms. The molecule has 8 aromatic rings. The molecule has 290 valence electrons. The maximum atomic E-state index is 13.0. The van der Waals surface area contributed by atoms with E-state index in [2.05, 4.69) is 17.2 Å². The fourth-order valence-corrected chi connectivity index (χ4v) is 6.78. The van der Waals surface area contributed by atoms with Gasteiger partial charge in [0.25, 0.3) is 11.8 Å². The van der Waals surface area contributed by atoms with E-state index in [1.165, 1.54) is 0 Å². The summed E-state index contributed by atoms with van der Waals surface area (Å²) < 4.78 is 36.6. The van der Waals surface area contributed by atoms with Crippen LogP contribution in [0.2, 0.25) is 0 Å². The zero-order valence-corrected chi connectivity index (χ0v) is 31.4. The molecular weight excluding hydrogens is 737 g/mol. The Balaban J connectivity index is 1.03. The largest absolute Gasteiger partial charge is 0.488 e. The van der Waals surface area contributed by atoms with Crippen LogP contribution in [-0.4, -0.2) is 74.5 Å². The maximum absolute atomic E-state index is 13.0. The zero-order valence-electron chi connectivity index (χ0n) is 31.4. The van der Waals surface area contributed by atoms with Crippen molar-refractivity contribution in [1.82, 2.24) is 20.6 Å². The van der Waals surface area contributed by atoms with Crippen molar-refractivity contribution in [3.05, 3.63) is 132 Å². The first-order chi connectivity index (χ1) is 28.4. The van der Waals surface area contributed by atoms with Gasteiger partial charge in [-0.1, -0.05) is 55.1 Å². The van der Waals surface area contributed by atoms with E-state index in [4.69, 9.17) is 37.7 Å². The molecule has 0 spiro atoms. The molecule has 12 nitrogen and oxygen atoms in total. The molecule has 9 rings (SSSR count). The molecule has 2 amide bonds. The average molecular weight is 775 g/mol. The lowest BCUT2D eigenvalue weighted by molar-refractivity contribution is 0.0486. The second-order valence-electron chi connectivity index (χ2n) is 13.9.